The summed E-state index contributed by atoms with van der Waals surface area (Å²) >= 11 is 0. The zero-order chi connectivity index (χ0) is 20.9. The summed E-state index contributed by atoms with van der Waals surface area (Å²) in [5.41, 5.74) is 3.69. The van der Waals surface area contributed by atoms with E-state index in [1.54, 1.807) is 14.0 Å². The van der Waals surface area contributed by atoms with Crippen LogP contribution in [0.15, 0.2) is 53.3 Å². The summed E-state index contributed by atoms with van der Waals surface area (Å²) in [6.45, 7) is 7.85. The molecule has 2 heterocycles. The fraction of sp³-hybridized carbons (Fsp3) is 0.417. The van der Waals surface area contributed by atoms with Crippen LogP contribution >= 0.6 is 0 Å². The minimum atomic E-state index is 0.0294. The zero-order valence-corrected chi connectivity index (χ0v) is 17.9. The van der Waals surface area contributed by atoms with E-state index in [0.29, 0.717) is 5.69 Å². The van der Waals surface area contributed by atoms with Gasteiger partial charge in [0.2, 0.25) is 0 Å². The molecular weight excluding hydrogens is 376 g/mol. The Morgan fingerprint density at radius 1 is 0.933 bits per heavy atom. The molecule has 1 aliphatic rings. The molecule has 0 unspecified atom stereocenters. The number of fused-ring (bicyclic) bond motifs is 1. The summed E-state index contributed by atoms with van der Waals surface area (Å²) in [5.74, 6) is 0.897. The first-order valence-electron chi connectivity index (χ1n) is 10.7. The number of rotatable bonds is 7. The molecule has 1 aliphatic heterocycles. The third-order valence-corrected chi connectivity index (χ3v) is 5.93. The molecule has 1 saturated heterocycles. The van der Waals surface area contributed by atoms with E-state index in [1.165, 1.54) is 5.69 Å². The van der Waals surface area contributed by atoms with Gasteiger partial charge in [-0.15, -0.1) is 0 Å². The standard InChI is InChI=1S/C24H30N4O2/c1-19-24(29)28(23-8-4-3-7-22(23)25-19)14-6-5-13-26-15-17-27(18-16-26)20-9-11-21(30-2)12-10-20/h3-4,7-12H,5-6,13-18H2,1-2H3. The molecule has 0 spiro atoms. The zero-order valence-electron chi connectivity index (χ0n) is 17.9. The van der Waals surface area contributed by atoms with Gasteiger partial charge in [-0.2, -0.15) is 0 Å². The molecule has 1 fully saturated rings. The lowest BCUT2D eigenvalue weighted by Gasteiger charge is -2.36. The maximum Gasteiger partial charge on any atom is 0.272 e. The van der Waals surface area contributed by atoms with Crippen molar-refractivity contribution >= 4 is 16.7 Å². The van der Waals surface area contributed by atoms with Crippen molar-refractivity contribution in [3.8, 4) is 5.75 Å². The summed E-state index contributed by atoms with van der Waals surface area (Å²) in [7, 11) is 1.70. The highest BCUT2D eigenvalue weighted by Crippen LogP contribution is 2.20. The van der Waals surface area contributed by atoms with Crippen LogP contribution in [0.5, 0.6) is 5.75 Å². The quantitative estimate of drug-likeness (QED) is 0.564. The van der Waals surface area contributed by atoms with Crippen LogP contribution in [0, 0.1) is 6.92 Å². The minimum absolute atomic E-state index is 0.0294. The Balaban J connectivity index is 1.27. The van der Waals surface area contributed by atoms with Gasteiger partial charge in [-0.1, -0.05) is 12.1 Å². The van der Waals surface area contributed by atoms with E-state index in [2.05, 4.69) is 26.9 Å². The number of benzene rings is 2. The van der Waals surface area contributed by atoms with Gasteiger partial charge in [0.25, 0.3) is 5.56 Å². The van der Waals surface area contributed by atoms with Gasteiger partial charge >= 0.3 is 0 Å². The average Bonchev–Trinajstić information content (AvgIpc) is 2.79. The second-order valence-electron chi connectivity index (χ2n) is 7.88. The third-order valence-electron chi connectivity index (χ3n) is 5.93. The van der Waals surface area contributed by atoms with Crippen LogP contribution in [-0.4, -0.2) is 54.3 Å². The highest BCUT2D eigenvalue weighted by atomic mass is 16.5. The van der Waals surface area contributed by atoms with E-state index in [4.69, 9.17) is 4.74 Å². The summed E-state index contributed by atoms with van der Waals surface area (Å²) in [6, 6.07) is 16.2. The van der Waals surface area contributed by atoms with Gasteiger partial charge in [0.05, 0.1) is 18.1 Å². The van der Waals surface area contributed by atoms with E-state index in [1.807, 2.05) is 41.0 Å². The number of hydrogen-bond donors (Lipinski definition) is 0. The summed E-state index contributed by atoms with van der Waals surface area (Å²) in [6.07, 6.45) is 2.08. The van der Waals surface area contributed by atoms with E-state index in [-0.39, 0.29) is 5.56 Å². The van der Waals surface area contributed by atoms with Crippen molar-refractivity contribution in [2.45, 2.75) is 26.3 Å². The second kappa shape index (κ2) is 9.30. The van der Waals surface area contributed by atoms with Gasteiger partial charge in [-0.3, -0.25) is 9.69 Å². The fourth-order valence-electron chi connectivity index (χ4n) is 4.17. The first-order chi connectivity index (χ1) is 14.7. The van der Waals surface area contributed by atoms with Crippen molar-refractivity contribution in [1.82, 2.24) is 14.5 Å². The van der Waals surface area contributed by atoms with Gasteiger partial charge in [0, 0.05) is 38.4 Å². The number of anilines is 1. The van der Waals surface area contributed by atoms with Gasteiger partial charge in [-0.05, 0) is 62.7 Å². The molecule has 0 saturated carbocycles. The lowest BCUT2D eigenvalue weighted by atomic mass is 10.2. The number of aromatic nitrogens is 2. The Kier molecular flexibility index (Phi) is 6.33. The number of ether oxygens (including phenoxy) is 1. The molecule has 0 N–H and O–H groups in total. The summed E-state index contributed by atoms with van der Waals surface area (Å²) < 4.78 is 7.13. The summed E-state index contributed by atoms with van der Waals surface area (Å²) in [4.78, 5) is 22.0. The smallest absolute Gasteiger partial charge is 0.272 e. The van der Waals surface area contributed by atoms with Crippen LogP contribution in [0.4, 0.5) is 5.69 Å². The van der Waals surface area contributed by atoms with Crippen molar-refractivity contribution in [3.63, 3.8) is 0 Å². The Morgan fingerprint density at radius 3 is 2.37 bits per heavy atom. The molecule has 4 rings (SSSR count). The predicted molar refractivity (Wildman–Crippen MR) is 122 cm³/mol. The van der Waals surface area contributed by atoms with E-state index >= 15 is 0 Å². The monoisotopic (exact) mass is 406 g/mol. The first kappa shape index (κ1) is 20.4. The number of piperazine rings is 1. The maximum atomic E-state index is 12.6. The molecule has 0 amide bonds. The predicted octanol–water partition coefficient (Wildman–Crippen LogP) is 3.32. The van der Waals surface area contributed by atoms with Crippen molar-refractivity contribution in [3.05, 3.63) is 64.6 Å². The topological polar surface area (TPSA) is 50.6 Å². The highest BCUT2D eigenvalue weighted by Gasteiger charge is 2.17. The molecule has 0 bridgehead atoms. The Hall–Kier alpha value is -2.86. The molecule has 0 radical (unpaired) electrons. The van der Waals surface area contributed by atoms with E-state index in [9.17, 15) is 4.79 Å². The lowest BCUT2D eigenvalue weighted by Crippen LogP contribution is -2.46. The minimum Gasteiger partial charge on any atom is -0.497 e. The van der Waals surface area contributed by atoms with Gasteiger partial charge in [-0.25, -0.2) is 4.98 Å². The molecule has 0 atom stereocenters. The number of nitrogens with zero attached hydrogens (tertiary/aromatic N) is 4. The molecule has 158 valence electrons. The Bertz CT molecular complexity index is 1040. The molecule has 6 nitrogen and oxygen atoms in total. The molecule has 0 aliphatic carbocycles. The van der Waals surface area contributed by atoms with Crippen molar-refractivity contribution < 1.29 is 4.74 Å². The Labute approximate surface area is 177 Å². The molecule has 3 aromatic rings. The lowest BCUT2D eigenvalue weighted by molar-refractivity contribution is 0.251. The third kappa shape index (κ3) is 4.49. The van der Waals surface area contributed by atoms with Crippen LogP contribution < -0.4 is 15.2 Å². The average molecular weight is 407 g/mol. The van der Waals surface area contributed by atoms with Crippen molar-refractivity contribution in [2.24, 2.45) is 0 Å². The highest BCUT2D eigenvalue weighted by molar-refractivity contribution is 5.74. The van der Waals surface area contributed by atoms with Crippen LogP contribution in [-0.2, 0) is 6.54 Å². The molecule has 6 heteroatoms. The molecular formula is C24H30N4O2. The number of para-hydroxylation sites is 2. The number of hydrogen-bond acceptors (Lipinski definition) is 5. The number of methoxy groups -OCH3 is 1. The maximum absolute atomic E-state index is 12.6. The number of unbranched alkanes of at least 4 members (excludes halogenated alkanes) is 1. The van der Waals surface area contributed by atoms with Crippen LogP contribution in [0.2, 0.25) is 0 Å². The van der Waals surface area contributed by atoms with Gasteiger partial charge in [0.1, 0.15) is 11.4 Å². The van der Waals surface area contributed by atoms with Crippen LogP contribution in [0.1, 0.15) is 18.5 Å². The number of aryl methyl sites for hydroxylation is 2. The van der Waals surface area contributed by atoms with Crippen molar-refractivity contribution in [1.29, 1.82) is 0 Å². The van der Waals surface area contributed by atoms with Crippen LogP contribution in [0.25, 0.3) is 11.0 Å². The normalized spacial score (nSPS) is 14.9. The van der Waals surface area contributed by atoms with Gasteiger partial charge < -0.3 is 14.2 Å². The van der Waals surface area contributed by atoms with Gasteiger partial charge in [0.15, 0.2) is 0 Å². The Morgan fingerprint density at radius 2 is 1.63 bits per heavy atom. The molecule has 2 aromatic carbocycles. The molecule has 1 aromatic heterocycles. The molecule has 30 heavy (non-hydrogen) atoms. The fourth-order valence-corrected chi connectivity index (χ4v) is 4.17. The van der Waals surface area contributed by atoms with E-state index in [0.717, 1.165) is 68.9 Å². The summed E-state index contributed by atoms with van der Waals surface area (Å²) in [5, 5.41) is 0. The SMILES string of the molecule is COc1ccc(N2CCN(CCCCn3c(=O)c(C)nc4ccccc43)CC2)cc1. The second-order valence-corrected chi connectivity index (χ2v) is 7.88. The first-order valence-corrected chi connectivity index (χ1v) is 10.7. The van der Waals surface area contributed by atoms with E-state index < -0.39 is 0 Å². The van der Waals surface area contributed by atoms with Crippen LogP contribution in [0.3, 0.4) is 0 Å². The largest absolute Gasteiger partial charge is 0.497 e. The van der Waals surface area contributed by atoms with Crippen molar-refractivity contribution in [2.75, 3.05) is 44.7 Å².